The van der Waals surface area contributed by atoms with Crippen molar-refractivity contribution >= 4 is 10.0 Å². The van der Waals surface area contributed by atoms with Crippen LogP contribution in [0.15, 0.2) is 54.6 Å². The lowest BCUT2D eigenvalue weighted by Crippen LogP contribution is -2.40. The summed E-state index contributed by atoms with van der Waals surface area (Å²) in [6, 6.07) is 16.6. The summed E-state index contributed by atoms with van der Waals surface area (Å²) in [7, 11) is 1.41. The van der Waals surface area contributed by atoms with E-state index in [0.29, 0.717) is 12.3 Å². The van der Waals surface area contributed by atoms with Crippen LogP contribution in [0.5, 0.6) is 5.75 Å². The van der Waals surface area contributed by atoms with Gasteiger partial charge < -0.3 is 4.74 Å². The van der Waals surface area contributed by atoms with Crippen molar-refractivity contribution in [3.05, 3.63) is 65.7 Å². The molecule has 0 aliphatic carbocycles. The molecule has 3 rings (SSSR count). The predicted molar refractivity (Wildman–Crippen MR) is 100 cm³/mol. The van der Waals surface area contributed by atoms with Crippen molar-refractivity contribution in [3.8, 4) is 5.75 Å². The lowest BCUT2D eigenvalue weighted by Gasteiger charge is -2.27. The van der Waals surface area contributed by atoms with Crippen LogP contribution in [-0.2, 0) is 21.4 Å². The van der Waals surface area contributed by atoms with Crippen LogP contribution in [0.25, 0.3) is 0 Å². The molecule has 2 atom stereocenters. The first-order valence-electron chi connectivity index (χ1n) is 8.42. The largest absolute Gasteiger partial charge is 0.497 e. The first-order chi connectivity index (χ1) is 12.4. The highest BCUT2D eigenvalue weighted by Crippen LogP contribution is 2.36. The topological polar surface area (TPSA) is 59.1 Å². The normalized spacial score (nSPS) is 21.2. The van der Waals surface area contributed by atoms with E-state index in [1.807, 2.05) is 54.6 Å². The molecule has 2 aromatic rings. The zero-order chi connectivity index (χ0) is 18.7. The van der Waals surface area contributed by atoms with Crippen LogP contribution in [0.1, 0.15) is 17.2 Å². The van der Waals surface area contributed by atoms with Gasteiger partial charge in [-0.25, -0.2) is 12.7 Å². The van der Waals surface area contributed by atoms with Gasteiger partial charge in [0.25, 0.3) is 0 Å². The maximum atomic E-state index is 13.2. The summed E-state index contributed by atoms with van der Waals surface area (Å²) < 4.78 is 33.1. The van der Waals surface area contributed by atoms with Crippen molar-refractivity contribution in [1.29, 1.82) is 0 Å². The van der Waals surface area contributed by atoms with Gasteiger partial charge in [-0.15, -0.1) is 0 Å². The number of nitrogens with zero attached hydrogens (tertiary/aromatic N) is 2. The number of benzene rings is 2. The van der Waals surface area contributed by atoms with Gasteiger partial charge in [0.15, 0.2) is 0 Å². The van der Waals surface area contributed by atoms with E-state index in [1.165, 1.54) is 4.31 Å². The van der Waals surface area contributed by atoms with Gasteiger partial charge in [0.05, 0.1) is 19.8 Å². The number of hydrogen-bond acceptors (Lipinski definition) is 5. The van der Waals surface area contributed by atoms with E-state index in [9.17, 15) is 8.42 Å². The molecule has 1 saturated heterocycles. The number of sulfonamides is 1. The highest BCUT2D eigenvalue weighted by atomic mass is 32.2. The summed E-state index contributed by atoms with van der Waals surface area (Å²) >= 11 is 0. The van der Waals surface area contributed by atoms with Crippen molar-refractivity contribution in [2.24, 2.45) is 0 Å². The minimum absolute atomic E-state index is 0.125. The molecule has 0 N–H and O–H groups in total. The van der Waals surface area contributed by atoms with E-state index in [-0.39, 0.29) is 6.61 Å². The van der Waals surface area contributed by atoms with Gasteiger partial charge in [0, 0.05) is 20.6 Å². The third-order valence-electron chi connectivity index (χ3n) is 4.69. The first kappa shape index (κ1) is 18.8. The maximum absolute atomic E-state index is 13.2. The van der Waals surface area contributed by atoms with Gasteiger partial charge in [0.1, 0.15) is 11.0 Å². The highest BCUT2D eigenvalue weighted by molar-refractivity contribution is 7.89. The fourth-order valence-electron chi connectivity index (χ4n) is 3.26. The van der Waals surface area contributed by atoms with Crippen LogP contribution in [0.4, 0.5) is 0 Å². The van der Waals surface area contributed by atoms with Gasteiger partial charge in [-0.1, -0.05) is 42.5 Å². The van der Waals surface area contributed by atoms with Crippen LogP contribution >= 0.6 is 0 Å². The van der Waals surface area contributed by atoms with Crippen molar-refractivity contribution < 1.29 is 18.0 Å². The first-order valence-corrected chi connectivity index (χ1v) is 9.92. The minimum atomic E-state index is -3.56. The summed E-state index contributed by atoms with van der Waals surface area (Å²) in [5.74, 6) is 0.691. The fraction of sp³-hybridized carbons (Fsp3) is 0.368. The van der Waals surface area contributed by atoms with E-state index in [0.717, 1.165) is 11.1 Å². The lowest BCUT2D eigenvalue weighted by atomic mass is 10.0. The summed E-state index contributed by atoms with van der Waals surface area (Å²) in [4.78, 5) is 5.58. The van der Waals surface area contributed by atoms with Crippen LogP contribution in [0.3, 0.4) is 0 Å². The summed E-state index contributed by atoms with van der Waals surface area (Å²) in [5.41, 5.74) is 1.80. The van der Waals surface area contributed by atoms with Crippen LogP contribution in [0.2, 0.25) is 0 Å². The SMILES string of the molecule is COc1cccc(C2C(S(=O)(=O)N(C)Cc3ccccc3)CON2C)c1. The molecule has 2 aromatic carbocycles. The van der Waals surface area contributed by atoms with E-state index in [2.05, 4.69) is 0 Å². The molecule has 0 radical (unpaired) electrons. The summed E-state index contributed by atoms with van der Waals surface area (Å²) in [6.07, 6.45) is 0. The molecule has 0 saturated carbocycles. The van der Waals surface area contributed by atoms with Crippen LogP contribution < -0.4 is 4.74 Å². The molecule has 140 valence electrons. The minimum Gasteiger partial charge on any atom is -0.497 e. The number of hydrogen-bond donors (Lipinski definition) is 0. The number of rotatable bonds is 6. The second-order valence-electron chi connectivity index (χ2n) is 6.39. The molecule has 2 unspecified atom stereocenters. The molecule has 0 amide bonds. The van der Waals surface area contributed by atoms with E-state index in [4.69, 9.17) is 9.57 Å². The molecule has 1 aliphatic rings. The Labute approximate surface area is 154 Å². The monoisotopic (exact) mass is 376 g/mol. The Bertz CT molecular complexity index is 842. The summed E-state index contributed by atoms with van der Waals surface area (Å²) in [5, 5.41) is 0.932. The molecule has 7 heteroatoms. The quantitative estimate of drug-likeness (QED) is 0.775. The van der Waals surface area contributed by atoms with Crippen molar-refractivity contribution in [3.63, 3.8) is 0 Å². The Morgan fingerprint density at radius 3 is 2.62 bits per heavy atom. The number of methoxy groups -OCH3 is 1. The Hall–Kier alpha value is -1.93. The van der Waals surface area contributed by atoms with E-state index in [1.54, 1.807) is 26.3 Å². The number of ether oxygens (including phenoxy) is 1. The second kappa shape index (κ2) is 7.75. The van der Waals surface area contributed by atoms with Crippen molar-refractivity contribution in [2.45, 2.75) is 17.8 Å². The molecular formula is C19H24N2O4S. The fourth-order valence-corrected chi connectivity index (χ4v) is 4.94. The second-order valence-corrected chi connectivity index (χ2v) is 8.65. The van der Waals surface area contributed by atoms with Gasteiger partial charge in [-0.3, -0.25) is 4.84 Å². The van der Waals surface area contributed by atoms with E-state index >= 15 is 0 Å². The standard InChI is InChI=1S/C19H24N2O4S/c1-20(13-15-8-5-4-6-9-15)26(22,23)18-14-25-21(2)19(18)16-10-7-11-17(12-16)24-3/h4-12,18-19H,13-14H2,1-3H3. The Morgan fingerprint density at radius 1 is 1.19 bits per heavy atom. The molecule has 1 aliphatic heterocycles. The predicted octanol–water partition coefficient (Wildman–Crippen LogP) is 2.44. The van der Waals surface area contributed by atoms with Crippen LogP contribution in [-0.4, -0.2) is 50.8 Å². The zero-order valence-corrected chi connectivity index (χ0v) is 16.0. The average molecular weight is 376 g/mol. The molecule has 1 fully saturated rings. The van der Waals surface area contributed by atoms with E-state index < -0.39 is 21.3 Å². The van der Waals surface area contributed by atoms with Gasteiger partial charge in [-0.2, -0.15) is 5.06 Å². The van der Waals surface area contributed by atoms with Gasteiger partial charge >= 0.3 is 0 Å². The molecule has 0 aromatic heterocycles. The van der Waals surface area contributed by atoms with Crippen molar-refractivity contribution in [2.75, 3.05) is 27.8 Å². The smallest absolute Gasteiger partial charge is 0.221 e. The maximum Gasteiger partial charge on any atom is 0.221 e. The Kier molecular flexibility index (Phi) is 5.62. The molecular weight excluding hydrogens is 352 g/mol. The third-order valence-corrected chi connectivity index (χ3v) is 6.84. The number of hydroxylamine groups is 2. The van der Waals surface area contributed by atoms with Gasteiger partial charge in [0.2, 0.25) is 10.0 Å². The molecule has 0 bridgehead atoms. The average Bonchev–Trinajstić information content (AvgIpc) is 3.05. The zero-order valence-electron chi connectivity index (χ0n) is 15.2. The Morgan fingerprint density at radius 2 is 1.92 bits per heavy atom. The van der Waals surface area contributed by atoms with Crippen molar-refractivity contribution in [1.82, 2.24) is 9.37 Å². The molecule has 1 heterocycles. The third kappa shape index (κ3) is 3.76. The van der Waals surface area contributed by atoms with Gasteiger partial charge in [-0.05, 0) is 23.3 Å². The molecule has 6 nitrogen and oxygen atoms in total. The molecule has 26 heavy (non-hydrogen) atoms. The lowest BCUT2D eigenvalue weighted by molar-refractivity contribution is -0.110. The highest BCUT2D eigenvalue weighted by Gasteiger charge is 2.45. The van der Waals surface area contributed by atoms with Crippen LogP contribution in [0, 0.1) is 0 Å². The summed E-state index contributed by atoms with van der Waals surface area (Å²) in [6.45, 7) is 0.452. The molecule has 0 spiro atoms. The Balaban J connectivity index is 1.87.